The van der Waals surface area contributed by atoms with Crippen molar-refractivity contribution < 1.29 is 0 Å². The van der Waals surface area contributed by atoms with E-state index in [1.165, 1.54) is 18.0 Å². The Morgan fingerprint density at radius 2 is 2.12 bits per heavy atom. The predicted molar refractivity (Wildman–Crippen MR) is 74.5 cm³/mol. The van der Waals surface area contributed by atoms with E-state index in [2.05, 4.69) is 36.0 Å². The summed E-state index contributed by atoms with van der Waals surface area (Å²) in [5.41, 5.74) is 0. The van der Waals surface area contributed by atoms with Crippen LogP contribution < -0.4 is 5.32 Å². The molecule has 0 bridgehead atoms. The van der Waals surface area contributed by atoms with Gasteiger partial charge in [-0.1, -0.05) is 20.8 Å². The van der Waals surface area contributed by atoms with Gasteiger partial charge in [0.05, 0.1) is 0 Å². The van der Waals surface area contributed by atoms with E-state index in [1.807, 2.05) is 6.20 Å². The second-order valence-electron chi connectivity index (χ2n) is 5.21. The number of anilines is 1. The van der Waals surface area contributed by atoms with Crippen molar-refractivity contribution in [2.45, 2.75) is 33.7 Å². The van der Waals surface area contributed by atoms with Gasteiger partial charge in [-0.3, -0.25) is 4.90 Å². The molecule has 0 amide bonds. The van der Waals surface area contributed by atoms with Crippen LogP contribution in [0.3, 0.4) is 0 Å². The van der Waals surface area contributed by atoms with Gasteiger partial charge in [0.1, 0.15) is 0 Å². The maximum atomic E-state index is 4.41. The molecule has 1 aliphatic heterocycles. The Balaban J connectivity index is 1.85. The van der Waals surface area contributed by atoms with E-state index < -0.39 is 0 Å². The zero-order valence-electron chi connectivity index (χ0n) is 11.1. The van der Waals surface area contributed by atoms with Gasteiger partial charge in [0.2, 0.25) is 0 Å². The highest BCUT2D eigenvalue weighted by molar-refractivity contribution is 7.15. The van der Waals surface area contributed by atoms with Gasteiger partial charge < -0.3 is 5.32 Å². The Kier molecular flexibility index (Phi) is 4.40. The monoisotopic (exact) mass is 253 g/mol. The summed E-state index contributed by atoms with van der Waals surface area (Å²) in [4.78, 5) is 8.34. The molecule has 2 heterocycles. The number of nitrogens with zero attached hydrogens (tertiary/aromatic N) is 2. The summed E-state index contributed by atoms with van der Waals surface area (Å²) in [6, 6.07) is 0. The number of likely N-dealkylation sites (tertiary alicyclic amines) is 1. The van der Waals surface area contributed by atoms with Gasteiger partial charge in [-0.25, -0.2) is 4.98 Å². The molecule has 2 atom stereocenters. The van der Waals surface area contributed by atoms with Crippen LogP contribution in [0, 0.1) is 11.8 Å². The van der Waals surface area contributed by atoms with Crippen molar-refractivity contribution in [1.29, 1.82) is 0 Å². The molecule has 1 N–H and O–H groups in total. The summed E-state index contributed by atoms with van der Waals surface area (Å²) in [6.45, 7) is 11.4. The lowest BCUT2D eigenvalue weighted by Crippen LogP contribution is -2.19. The number of hydrogen-bond acceptors (Lipinski definition) is 4. The standard InChI is InChI=1S/C13H23N3S/c1-4-5-14-13-15-6-12(17-13)9-16-7-10(2)11(3)8-16/h6,10-11H,4-5,7-9H2,1-3H3,(H,14,15). The van der Waals surface area contributed by atoms with E-state index >= 15 is 0 Å². The van der Waals surface area contributed by atoms with Gasteiger partial charge in [-0.2, -0.15) is 0 Å². The smallest absolute Gasteiger partial charge is 0.182 e. The lowest BCUT2D eigenvalue weighted by molar-refractivity contribution is 0.319. The minimum absolute atomic E-state index is 0.834. The number of rotatable bonds is 5. The molecule has 4 heteroatoms. The summed E-state index contributed by atoms with van der Waals surface area (Å²) in [5, 5.41) is 4.42. The van der Waals surface area contributed by atoms with Crippen LogP contribution in [0.4, 0.5) is 5.13 Å². The van der Waals surface area contributed by atoms with E-state index in [1.54, 1.807) is 11.3 Å². The molecule has 0 saturated carbocycles. The SMILES string of the molecule is CCCNc1ncc(CN2CC(C)C(C)C2)s1. The molecule has 1 aromatic rings. The molecule has 1 saturated heterocycles. The Morgan fingerprint density at radius 1 is 1.41 bits per heavy atom. The van der Waals surface area contributed by atoms with Gasteiger partial charge in [0.15, 0.2) is 5.13 Å². The molecule has 0 spiro atoms. The average Bonchev–Trinajstić information content (AvgIpc) is 2.85. The number of aromatic nitrogens is 1. The fourth-order valence-electron chi connectivity index (χ4n) is 2.29. The Bertz CT molecular complexity index is 340. The lowest BCUT2D eigenvalue weighted by Gasteiger charge is -2.13. The van der Waals surface area contributed by atoms with Gasteiger partial charge in [-0.05, 0) is 18.3 Å². The fourth-order valence-corrected chi connectivity index (χ4v) is 3.17. The van der Waals surface area contributed by atoms with Crippen molar-refractivity contribution in [3.8, 4) is 0 Å². The highest BCUT2D eigenvalue weighted by Gasteiger charge is 2.26. The highest BCUT2D eigenvalue weighted by atomic mass is 32.1. The van der Waals surface area contributed by atoms with Crippen LogP contribution in [-0.2, 0) is 6.54 Å². The molecule has 0 aromatic carbocycles. The largest absolute Gasteiger partial charge is 0.362 e. The molecule has 2 rings (SSSR count). The van der Waals surface area contributed by atoms with Crippen LogP contribution in [0.5, 0.6) is 0 Å². The minimum atomic E-state index is 0.834. The van der Waals surface area contributed by atoms with E-state index in [9.17, 15) is 0 Å². The van der Waals surface area contributed by atoms with Gasteiger partial charge in [0, 0.05) is 37.3 Å². The second kappa shape index (κ2) is 5.83. The fraction of sp³-hybridized carbons (Fsp3) is 0.769. The first-order chi connectivity index (χ1) is 8.19. The summed E-state index contributed by atoms with van der Waals surface area (Å²) >= 11 is 1.80. The van der Waals surface area contributed by atoms with Gasteiger partial charge in [0.25, 0.3) is 0 Å². The summed E-state index contributed by atoms with van der Waals surface area (Å²) < 4.78 is 0. The third-order valence-corrected chi connectivity index (χ3v) is 4.46. The lowest BCUT2D eigenvalue weighted by atomic mass is 10.0. The Morgan fingerprint density at radius 3 is 2.76 bits per heavy atom. The van der Waals surface area contributed by atoms with Gasteiger partial charge >= 0.3 is 0 Å². The van der Waals surface area contributed by atoms with Crippen LogP contribution in [0.25, 0.3) is 0 Å². The van der Waals surface area contributed by atoms with Crippen molar-refractivity contribution in [1.82, 2.24) is 9.88 Å². The number of nitrogens with one attached hydrogen (secondary N) is 1. The molecule has 1 aromatic heterocycles. The Hall–Kier alpha value is -0.610. The molecular weight excluding hydrogens is 230 g/mol. The molecule has 96 valence electrons. The van der Waals surface area contributed by atoms with Crippen molar-refractivity contribution in [2.24, 2.45) is 11.8 Å². The van der Waals surface area contributed by atoms with Crippen LogP contribution in [0.15, 0.2) is 6.20 Å². The second-order valence-corrected chi connectivity index (χ2v) is 6.32. The van der Waals surface area contributed by atoms with Crippen LogP contribution in [-0.4, -0.2) is 29.5 Å². The zero-order chi connectivity index (χ0) is 12.3. The molecule has 17 heavy (non-hydrogen) atoms. The molecule has 0 radical (unpaired) electrons. The Labute approximate surface area is 108 Å². The number of hydrogen-bond donors (Lipinski definition) is 1. The van der Waals surface area contributed by atoms with E-state index in [4.69, 9.17) is 0 Å². The predicted octanol–water partition coefficient (Wildman–Crippen LogP) is 3.05. The zero-order valence-corrected chi connectivity index (χ0v) is 11.9. The normalized spacial score (nSPS) is 25.4. The minimum Gasteiger partial charge on any atom is -0.362 e. The average molecular weight is 253 g/mol. The van der Waals surface area contributed by atoms with E-state index in [0.29, 0.717) is 0 Å². The summed E-state index contributed by atoms with van der Waals surface area (Å²) in [7, 11) is 0. The van der Waals surface area contributed by atoms with Crippen molar-refractivity contribution in [2.75, 3.05) is 25.0 Å². The van der Waals surface area contributed by atoms with Crippen molar-refractivity contribution in [3.05, 3.63) is 11.1 Å². The molecule has 0 aliphatic carbocycles. The van der Waals surface area contributed by atoms with Gasteiger partial charge in [-0.15, -0.1) is 11.3 Å². The first kappa shape index (κ1) is 12.8. The maximum absolute atomic E-state index is 4.41. The maximum Gasteiger partial charge on any atom is 0.182 e. The summed E-state index contributed by atoms with van der Waals surface area (Å²) in [6.07, 6.45) is 3.17. The molecule has 2 unspecified atom stereocenters. The van der Waals surface area contributed by atoms with Crippen LogP contribution in [0.2, 0.25) is 0 Å². The first-order valence-electron chi connectivity index (χ1n) is 6.60. The quantitative estimate of drug-likeness (QED) is 0.874. The van der Waals surface area contributed by atoms with Crippen LogP contribution >= 0.6 is 11.3 Å². The number of thiazole rings is 1. The third kappa shape index (κ3) is 3.42. The summed E-state index contributed by atoms with van der Waals surface area (Å²) in [5.74, 6) is 1.67. The van der Waals surface area contributed by atoms with E-state index in [0.717, 1.165) is 36.5 Å². The third-order valence-electron chi connectivity index (χ3n) is 3.52. The van der Waals surface area contributed by atoms with Crippen molar-refractivity contribution in [3.63, 3.8) is 0 Å². The molecule has 1 aliphatic rings. The highest BCUT2D eigenvalue weighted by Crippen LogP contribution is 2.26. The first-order valence-corrected chi connectivity index (χ1v) is 7.41. The van der Waals surface area contributed by atoms with E-state index in [-0.39, 0.29) is 0 Å². The topological polar surface area (TPSA) is 28.2 Å². The van der Waals surface area contributed by atoms with Crippen molar-refractivity contribution >= 4 is 16.5 Å². The molecular formula is C13H23N3S. The van der Waals surface area contributed by atoms with Crippen LogP contribution in [0.1, 0.15) is 32.1 Å². The molecule has 1 fully saturated rings. The molecule has 3 nitrogen and oxygen atoms in total.